The maximum absolute atomic E-state index is 14.7. The third-order valence-electron chi connectivity index (χ3n) is 17.9. The van der Waals surface area contributed by atoms with E-state index in [4.69, 9.17) is 16.2 Å². The Kier molecular flexibility index (Phi) is 40.8. The van der Waals surface area contributed by atoms with E-state index in [1.165, 1.54) is 13.8 Å². The molecule has 2 aromatic rings. The number of aromatic amines is 1. The Labute approximate surface area is 643 Å². The molecule has 14 atom stereocenters. The van der Waals surface area contributed by atoms with Gasteiger partial charge in [-0.25, -0.2) is 4.79 Å². The molecule has 42 nitrogen and oxygen atoms in total. The van der Waals surface area contributed by atoms with E-state index in [0.29, 0.717) is 35.2 Å². The fourth-order valence-corrected chi connectivity index (χ4v) is 11.5. The number of aliphatic carboxylic acids is 4. The number of esters is 1. The number of carbonyl (C=O) groups excluding carboxylic acids is 15. The standard InChI is InChI=1S/C70H106N16O26/c1-7-35(4)58-70(111)112-37(6)59(86-65(106)46(28-56(99)100)82-63(104)43(25-49(72)89)79-62(103)42(24-38-29-73-40-19-15-14-18-39(38)40)77-50(90)21-13-11-9-8-10-12-17-34(2)3)68(109)75-31-51(91)76-41(20-16-22-71)61(102)81-45(27-55(97)98)64(105)83-48(33-88)66(107)80-44(26-54(95)96)60(101)74-30-52(92)78-47(32-87)67(108)84-57(69(110)85-58)36(5)23-53(93)94/h14-15,18-19,29,34-37,41-48,57-59,73,87-88H,7-13,16-17,20-28,30-33,71H2,1-6H3,(H2,72,89)(H,74,101)(H,75,109)(H,76,91)(H,77,90)(H,78,92)(H,79,103)(H,80,107)(H,81,102)(H,82,104)(H,83,105)(H,84,108)(H,85,110)(H,86,106)(H,93,94)(H,95,96)(H,97,98)(H,99,100). The van der Waals surface area contributed by atoms with E-state index < -0.39 is 262 Å². The van der Waals surface area contributed by atoms with E-state index in [1.807, 2.05) is 21.3 Å². The van der Waals surface area contributed by atoms with Crippen molar-refractivity contribution in [1.82, 2.24) is 74.1 Å². The number of fused-ring (bicyclic) bond motifs is 1. The maximum Gasteiger partial charge on any atom is 0.329 e. The molecule has 2 heterocycles. The number of H-pyrrole nitrogens is 1. The first-order valence-electron chi connectivity index (χ1n) is 36.5. The fourth-order valence-electron chi connectivity index (χ4n) is 11.5. The van der Waals surface area contributed by atoms with Crippen LogP contribution in [0.3, 0.4) is 0 Å². The van der Waals surface area contributed by atoms with Gasteiger partial charge in [-0.3, -0.25) is 86.3 Å². The summed E-state index contributed by atoms with van der Waals surface area (Å²) in [6.07, 6.45) is -0.759. The molecule has 0 spiro atoms. The zero-order chi connectivity index (χ0) is 84.1. The lowest BCUT2D eigenvalue weighted by Gasteiger charge is -2.31. The minimum atomic E-state index is -2.33. The van der Waals surface area contributed by atoms with Crippen LogP contribution in [0.2, 0.25) is 0 Å². The quantitative estimate of drug-likeness (QED) is 0.0223. The Morgan fingerprint density at radius 1 is 0.536 bits per heavy atom. The number of hydrogen-bond acceptors (Lipinski definition) is 23. The number of rotatable bonds is 36. The number of benzene rings is 1. The number of carboxylic acid groups (broad SMARTS) is 4. The summed E-state index contributed by atoms with van der Waals surface area (Å²) in [5, 5.41) is 88.7. The van der Waals surface area contributed by atoms with Crippen molar-refractivity contribution in [3.05, 3.63) is 36.0 Å². The summed E-state index contributed by atoms with van der Waals surface area (Å²) in [5.41, 5.74) is 12.5. The molecule has 42 heteroatoms. The van der Waals surface area contributed by atoms with Gasteiger partial charge in [0, 0.05) is 29.9 Å². The highest BCUT2D eigenvalue weighted by Gasteiger charge is 2.41. The number of ether oxygens (including phenoxy) is 1. The topological polar surface area (TPSA) is 679 Å². The molecule has 3 rings (SSSR count). The lowest BCUT2D eigenvalue weighted by Crippen LogP contribution is -2.62. The molecule has 0 aliphatic carbocycles. The number of cyclic esters (lactones) is 1. The lowest BCUT2D eigenvalue weighted by molar-refractivity contribution is -0.158. The van der Waals surface area contributed by atoms with Gasteiger partial charge in [0.1, 0.15) is 72.6 Å². The largest absolute Gasteiger partial charge is 0.481 e. The van der Waals surface area contributed by atoms with Gasteiger partial charge in [-0.05, 0) is 62.1 Å². The van der Waals surface area contributed by atoms with Crippen LogP contribution in [0, 0.1) is 17.8 Å². The summed E-state index contributed by atoms with van der Waals surface area (Å²) in [4.78, 5) is 261. The number of carbonyl (C=O) groups is 19. The predicted molar refractivity (Wildman–Crippen MR) is 390 cm³/mol. The molecule has 112 heavy (non-hydrogen) atoms. The monoisotopic (exact) mass is 1590 g/mol. The van der Waals surface area contributed by atoms with E-state index in [1.54, 1.807) is 30.5 Å². The van der Waals surface area contributed by atoms with Gasteiger partial charge in [0.15, 0.2) is 0 Å². The third-order valence-corrected chi connectivity index (χ3v) is 17.9. The Bertz CT molecular complexity index is 3670. The minimum Gasteiger partial charge on any atom is -0.481 e. The first-order chi connectivity index (χ1) is 52.8. The smallest absolute Gasteiger partial charge is 0.329 e. The number of nitrogens with two attached hydrogens (primary N) is 2. The molecule has 1 aliphatic heterocycles. The van der Waals surface area contributed by atoms with E-state index >= 15 is 0 Å². The molecule has 0 saturated carbocycles. The van der Waals surface area contributed by atoms with Crippen LogP contribution in [-0.4, -0.2) is 254 Å². The summed E-state index contributed by atoms with van der Waals surface area (Å²) in [5.74, 6) is -28.5. The Morgan fingerprint density at radius 3 is 1.60 bits per heavy atom. The van der Waals surface area contributed by atoms with Gasteiger partial charge < -0.3 is 121 Å². The molecule has 1 saturated heterocycles. The second kappa shape index (κ2) is 48.3. The van der Waals surface area contributed by atoms with Gasteiger partial charge >= 0.3 is 29.8 Å². The molecule has 0 radical (unpaired) electrons. The van der Waals surface area contributed by atoms with E-state index in [2.05, 4.69) is 66.7 Å². The second-order valence-electron chi connectivity index (χ2n) is 27.5. The number of amides is 14. The van der Waals surface area contributed by atoms with Gasteiger partial charge in [0.25, 0.3) is 0 Å². The van der Waals surface area contributed by atoms with Crippen LogP contribution < -0.4 is 80.6 Å². The molecular weight excluding hydrogens is 1480 g/mol. The molecule has 622 valence electrons. The third kappa shape index (κ3) is 33.4. The number of carboxylic acids is 4. The van der Waals surface area contributed by atoms with E-state index in [0.717, 1.165) is 46.0 Å². The minimum absolute atomic E-state index is 0.00252. The number of hydrogen-bond donors (Lipinski definition) is 22. The number of aromatic nitrogens is 1. The van der Waals surface area contributed by atoms with Crippen LogP contribution >= 0.6 is 0 Å². The molecule has 1 aromatic carbocycles. The summed E-state index contributed by atoms with van der Waals surface area (Å²) >= 11 is 0. The SMILES string of the molecule is CCC(C)C1NC(=O)C(C(C)CC(=O)O)NC(=O)C(CO)NC(=O)CNC(=O)C(CC(=O)O)NC(=O)C(CO)NC(=O)C(CC(=O)O)NC(=O)C(CCCN)NC(=O)CNC(=O)C(NC(=O)C(CC(=O)O)NC(=O)C(CC(N)=O)NC(=O)C(Cc2c[nH]c3ccccc23)NC(=O)CCCCCCCCC(C)C)C(C)OC1=O. The van der Waals surface area contributed by atoms with Crippen molar-refractivity contribution in [2.45, 2.75) is 223 Å². The second-order valence-corrected chi connectivity index (χ2v) is 27.5. The van der Waals surface area contributed by atoms with Gasteiger partial charge in [-0.15, -0.1) is 0 Å². The Hall–Kier alpha value is -11.4. The normalized spacial score (nSPS) is 21.9. The number of aliphatic hydroxyl groups excluding tert-OH is 2. The average Bonchev–Trinajstić information content (AvgIpc) is 1.77. The molecule has 1 aromatic heterocycles. The van der Waals surface area contributed by atoms with Crippen molar-refractivity contribution in [3.63, 3.8) is 0 Å². The molecule has 14 unspecified atom stereocenters. The van der Waals surface area contributed by atoms with Crippen molar-refractivity contribution >= 4 is 123 Å². The number of aliphatic hydroxyl groups is 2. The molecule has 1 aliphatic rings. The summed E-state index contributed by atoms with van der Waals surface area (Å²) in [6.45, 7) is 4.15. The highest BCUT2D eigenvalue weighted by molar-refractivity contribution is 6.02. The highest BCUT2D eigenvalue weighted by Crippen LogP contribution is 2.21. The van der Waals surface area contributed by atoms with Gasteiger partial charge in [0.2, 0.25) is 82.7 Å². The first kappa shape index (κ1) is 94.8. The van der Waals surface area contributed by atoms with Crippen LogP contribution in [0.15, 0.2) is 30.5 Å². The van der Waals surface area contributed by atoms with E-state index in [9.17, 15) is 122 Å². The predicted octanol–water partition coefficient (Wildman–Crippen LogP) is -5.82. The summed E-state index contributed by atoms with van der Waals surface area (Å²) in [6, 6.07) is -15.3. The Balaban J connectivity index is 2.20. The van der Waals surface area contributed by atoms with Crippen LogP contribution in [0.4, 0.5) is 0 Å². The average molecular weight is 1590 g/mol. The molecular formula is C70H106N16O26. The zero-order valence-electron chi connectivity index (χ0n) is 63.1. The van der Waals surface area contributed by atoms with Gasteiger partial charge in [-0.2, -0.15) is 0 Å². The number of unbranched alkanes of at least 4 members (excludes halogenated alkanes) is 5. The summed E-state index contributed by atoms with van der Waals surface area (Å²) in [7, 11) is 0. The van der Waals surface area contributed by atoms with Crippen molar-refractivity contribution in [2.24, 2.45) is 29.2 Å². The number of para-hydroxylation sites is 1. The van der Waals surface area contributed by atoms with Crippen molar-refractivity contribution in [3.8, 4) is 0 Å². The van der Waals surface area contributed by atoms with Crippen LogP contribution in [0.1, 0.15) is 150 Å². The van der Waals surface area contributed by atoms with Crippen LogP contribution in [0.5, 0.6) is 0 Å². The van der Waals surface area contributed by atoms with Gasteiger partial charge in [0.05, 0.1) is 58.4 Å². The van der Waals surface area contributed by atoms with E-state index in [-0.39, 0.29) is 32.2 Å². The first-order valence-corrected chi connectivity index (χ1v) is 36.5. The Morgan fingerprint density at radius 2 is 1.04 bits per heavy atom. The van der Waals surface area contributed by atoms with Crippen molar-refractivity contribution in [2.75, 3.05) is 32.8 Å². The fraction of sp³-hybridized carbons (Fsp3) is 0.614. The lowest BCUT2D eigenvalue weighted by atomic mass is 9.94. The molecule has 1 fully saturated rings. The van der Waals surface area contributed by atoms with Crippen molar-refractivity contribution in [1.29, 1.82) is 0 Å². The van der Waals surface area contributed by atoms with Crippen LogP contribution in [-0.2, 0) is 102 Å². The maximum atomic E-state index is 14.7. The molecule has 0 bridgehead atoms. The highest BCUT2D eigenvalue weighted by atomic mass is 16.5. The number of primary amides is 1. The van der Waals surface area contributed by atoms with Gasteiger partial charge in [-0.1, -0.05) is 97.8 Å². The van der Waals surface area contributed by atoms with Crippen molar-refractivity contribution < 1.29 is 126 Å². The summed E-state index contributed by atoms with van der Waals surface area (Å²) < 4.78 is 5.72. The number of nitrogens with one attached hydrogen (secondary N) is 14. The zero-order valence-corrected chi connectivity index (χ0v) is 63.1. The molecule has 14 amide bonds. The molecule has 24 N–H and O–H groups in total. The van der Waals surface area contributed by atoms with Crippen LogP contribution in [0.25, 0.3) is 10.9 Å².